The summed E-state index contributed by atoms with van der Waals surface area (Å²) in [5.41, 5.74) is 1.50. The zero-order valence-corrected chi connectivity index (χ0v) is 9.47. The predicted octanol–water partition coefficient (Wildman–Crippen LogP) is 1.31. The van der Waals surface area contributed by atoms with Crippen LogP contribution in [0.4, 0.5) is 0 Å². The molecular formula is C11H13N3O2. The fourth-order valence-corrected chi connectivity index (χ4v) is 1.72. The van der Waals surface area contributed by atoms with E-state index in [0.29, 0.717) is 5.69 Å². The highest BCUT2D eigenvalue weighted by atomic mass is 16.5. The van der Waals surface area contributed by atoms with Crippen LogP contribution in [-0.2, 0) is 11.8 Å². The van der Waals surface area contributed by atoms with Crippen molar-refractivity contribution >= 4 is 5.97 Å². The Morgan fingerprint density at radius 1 is 1.50 bits per heavy atom. The number of aryl methyl sites for hydroxylation is 2. The Labute approximate surface area is 93.2 Å². The van der Waals surface area contributed by atoms with Gasteiger partial charge in [0.05, 0.1) is 13.3 Å². The van der Waals surface area contributed by atoms with Crippen LogP contribution in [0.1, 0.15) is 16.1 Å². The summed E-state index contributed by atoms with van der Waals surface area (Å²) in [5, 5.41) is 4.14. The van der Waals surface area contributed by atoms with E-state index in [4.69, 9.17) is 4.74 Å². The Balaban J connectivity index is 2.57. The second-order valence-electron chi connectivity index (χ2n) is 3.53. The molecule has 5 nitrogen and oxygen atoms in total. The summed E-state index contributed by atoms with van der Waals surface area (Å²) < 4.78 is 8.22. The standard InChI is InChI=1S/C11H13N3O2/c1-8-7-12-13(2)10(8)14-6-4-5-9(14)11(15)16-3/h4-7H,1-3H3. The second kappa shape index (κ2) is 3.84. The molecule has 2 heterocycles. The summed E-state index contributed by atoms with van der Waals surface area (Å²) in [6, 6.07) is 3.52. The van der Waals surface area contributed by atoms with Crippen molar-refractivity contribution in [3.63, 3.8) is 0 Å². The third kappa shape index (κ3) is 1.50. The molecule has 2 aromatic rings. The summed E-state index contributed by atoms with van der Waals surface area (Å²) in [7, 11) is 3.21. The summed E-state index contributed by atoms with van der Waals surface area (Å²) in [6.45, 7) is 1.95. The fraction of sp³-hybridized carbons (Fsp3) is 0.273. The number of hydrogen-bond acceptors (Lipinski definition) is 3. The zero-order chi connectivity index (χ0) is 11.7. The highest BCUT2D eigenvalue weighted by Crippen LogP contribution is 2.16. The minimum absolute atomic E-state index is 0.356. The van der Waals surface area contributed by atoms with Crippen molar-refractivity contribution in [1.82, 2.24) is 14.3 Å². The molecule has 0 aromatic carbocycles. The number of esters is 1. The molecule has 0 amide bonds. The van der Waals surface area contributed by atoms with Crippen LogP contribution in [0.5, 0.6) is 0 Å². The maximum absolute atomic E-state index is 11.5. The maximum atomic E-state index is 11.5. The number of carbonyl (C=O) groups is 1. The van der Waals surface area contributed by atoms with Crippen LogP contribution in [-0.4, -0.2) is 27.4 Å². The molecular weight excluding hydrogens is 206 g/mol. The Hall–Kier alpha value is -2.04. The van der Waals surface area contributed by atoms with Crippen LogP contribution < -0.4 is 0 Å². The first-order chi connectivity index (χ1) is 7.65. The molecule has 0 aliphatic heterocycles. The van der Waals surface area contributed by atoms with Gasteiger partial charge in [-0.25, -0.2) is 4.79 Å². The summed E-state index contributed by atoms with van der Waals surface area (Å²) in [6.07, 6.45) is 3.58. The van der Waals surface area contributed by atoms with Crippen molar-refractivity contribution in [3.05, 3.63) is 35.8 Å². The van der Waals surface area contributed by atoms with Crippen molar-refractivity contribution in [2.75, 3.05) is 7.11 Å². The zero-order valence-electron chi connectivity index (χ0n) is 9.47. The fourth-order valence-electron chi connectivity index (χ4n) is 1.72. The molecule has 0 aliphatic rings. The molecule has 0 aliphatic carbocycles. The van der Waals surface area contributed by atoms with E-state index in [1.807, 2.05) is 20.2 Å². The molecule has 2 aromatic heterocycles. The molecule has 0 saturated heterocycles. The van der Waals surface area contributed by atoms with Crippen LogP contribution in [0.2, 0.25) is 0 Å². The lowest BCUT2D eigenvalue weighted by atomic mass is 10.3. The van der Waals surface area contributed by atoms with Crippen LogP contribution in [0, 0.1) is 6.92 Å². The molecule has 5 heteroatoms. The number of methoxy groups -OCH3 is 1. The van der Waals surface area contributed by atoms with Crippen LogP contribution in [0.25, 0.3) is 5.82 Å². The first kappa shape index (κ1) is 10.5. The van der Waals surface area contributed by atoms with Crippen LogP contribution in [0.3, 0.4) is 0 Å². The number of carbonyl (C=O) groups excluding carboxylic acids is 1. The number of ether oxygens (including phenoxy) is 1. The van der Waals surface area contributed by atoms with E-state index in [1.54, 1.807) is 27.6 Å². The average molecular weight is 219 g/mol. The van der Waals surface area contributed by atoms with Gasteiger partial charge in [0.25, 0.3) is 0 Å². The first-order valence-corrected chi connectivity index (χ1v) is 4.89. The van der Waals surface area contributed by atoms with E-state index in [-0.39, 0.29) is 5.97 Å². The lowest BCUT2D eigenvalue weighted by Crippen LogP contribution is -2.12. The van der Waals surface area contributed by atoms with Gasteiger partial charge in [-0.15, -0.1) is 0 Å². The second-order valence-corrected chi connectivity index (χ2v) is 3.53. The van der Waals surface area contributed by atoms with Crippen LogP contribution in [0.15, 0.2) is 24.5 Å². The monoisotopic (exact) mass is 219 g/mol. The molecule has 0 unspecified atom stereocenters. The van der Waals surface area contributed by atoms with Crippen molar-refractivity contribution in [1.29, 1.82) is 0 Å². The molecule has 0 bridgehead atoms. The summed E-state index contributed by atoms with van der Waals surface area (Å²) >= 11 is 0. The largest absolute Gasteiger partial charge is 0.464 e. The highest BCUT2D eigenvalue weighted by Gasteiger charge is 2.15. The lowest BCUT2D eigenvalue weighted by Gasteiger charge is -2.09. The van der Waals surface area contributed by atoms with Gasteiger partial charge in [0.2, 0.25) is 0 Å². The number of hydrogen-bond donors (Lipinski definition) is 0. The number of rotatable bonds is 2. The minimum atomic E-state index is -0.356. The van der Waals surface area contributed by atoms with Gasteiger partial charge in [-0.05, 0) is 19.1 Å². The number of aromatic nitrogens is 3. The average Bonchev–Trinajstić information content (AvgIpc) is 2.84. The van der Waals surface area contributed by atoms with Gasteiger partial charge >= 0.3 is 5.97 Å². The van der Waals surface area contributed by atoms with Crippen LogP contribution >= 0.6 is 0 Å². The Kier molecular flexibility index (Phi) is 2.52. The van der Waals surface area contributed by atoms with E-state index in [2.05, 4.69) is 5.10 Å². The highest BCUT2D eigenvalue weighted by molar-refractivity contribution is 5.88. The topological polar surface area (TPSA) is 49.1 Å². The SMILES string of the molecule is COC(=O)c1cccn1-c1c(C)cnn1C. The minimum Gasteiger partial charge on any atom is -0.464 e. The van der Waals surface area contributed by atoms with Crippen molar-refractivity contribution in [2.45, 2.75) is 6.92 Å². The van der Waals surface area contributed by atoms with Gasteiger partial charge in [0.1, 0.15) is 11.5 Å². The lowest BCUT2D eigenvalue weighted by molar-refractivity contribution is 0.0591. The van der Waals surface area contributed by atoms with E-state index in [0.717, 1.165) is 11.4 Å². The Morgan fingerprint density at radius 3 is 2.81 bits per heavy atom. The molecule has 16 heavy (non-hydrogen) atoms. The number of nitrogens with zero attached hydrogens (tertiary/aromatic N) is 3. The molecule has 0 N–H and O–H groups in total. The van der Waals surface area contributed by atoms with Gasteiger partial charge in [0.15, 0.2) is 0 Å². The molecule has 84 valence electrons. The predicted molar refractivity (Wildman–Crippen MR) is 58.6 cm³/mol. The smallest absolute Gasteiger partial charge is 0.355 e. The van der Waals surface area contributed by atoms with E-state index >= 15 is 0 Å². The Morgan fingerprint density at radius 2 is 2.25 bits per heavy atom. The Bertz CT molecular complexity index is 506. The molecule has 0 saturated carbocycles. The van der Waals surface area contributed by atoms with Crippen molar-refractivity contribution in [3.8, 4) is 5.82 Å². The van der Waals surface area contributed by atoms with Gasteiger partial charge < -0.3 is 4.74 Å². The summed E-state index contributed by atoms with van der Waals surface area (Å²) in [4.78, 5) is 11.5. The maximum Gasteiger partial charge on any atom is 0.355 e. The third-order valence-corrected chi connectivity index (χ3v) is 2.46. The molecule has 0 atom stereocenters. The molecule has 2 rings (SSSR count). The first-order valence-electron chi connectivity index (χ1n) is 4.89. The molecule has 0 spiro atoms. The van der Waals surface area contributed by atoms with Gasteiger partial charge in [0, 0.05) is 18.8 Å². The van der Waals surface area contributed by atoms with E-state index < -0.39 is 0 Å². The van der Waals surface area contributed by atoms with Gasteiger partial charge in [-0.2, -0.15) is 5.10 Å². The molecule has 0 radical (unpaired) electrons. The van der Waals surface area contributed by atoms with Gasteiger partial charge in [-0.1, -0.05) is 0 Å². The summed E-state index contributed by atoms with van der Waals surface area (Å²) in [5.74, 6) is 0.510. The van der Waals surface area contributed by atoms with E-state index in [9.17, 15) is 4.79 Å². The van der Waals surface area contributed by atoms with E-state index in [1.165, 1.54) is 7.11 Å². The quantitative estimate of drug-likeness (QED) is 0.715. The normalized spacial score (nSPS) is 10.4. The third-order valence-electron chi connectivity index (χ3n) is 2.46. The van der Waals surface area contributed by atoms with Crippen molar-refractivity contribution < 1.29 is 9.53 Å². The van der Waals surface area contributed by atoms with Crippen molar-refractivity contribution in [2.24, 2.45) is 7.05 Å². The van der Waals surface area contributed by atoms with Gasteiger partial charge in [-0.3, -0.25) is 9.25 Å². The molecule has 0 fully saturated rings.